The molecule has 0 aliphatic rings. The molecule has 162 valence electrons. The minimum absolute atomic E-state index is 0.178. The van der Waals surface area contributed by atoms with Gasteiger partial charge in [0.25, 0.3) is 0 Å². The van der Waals surface area contributed by atoms with E-state index in [4.69, 9.17) is 4.74 Å². The third kappa shape index (κ3) is 4.04. The Morgan fingerprint density at radius 2 is 1.64 bits per heavy atom. The van der Waals surface area contributed by atoms with Crippen molar-refractivity contribution in [1.82, 2.24) is 14.8 Å². The monoisotopic (exact) mass is 439 g/mol. The number of esters is 1. The highest BCUT2D eigenvalue weighted by Gasteiger charge is 2.22. The molecule has 0 saturated carbocycles. The predicted molar refractivity (Wildman–Crippen MR) is 122 cm³/mol. The van der Waals surface area contributed by atoms with Crippen LogP contribution in [-0.4, -0.2) is 33.1 Å². The van der Waals surface area contributed by atoms with Gasteiger partial charge in [0.2, 0.25) is 5.78 Å². The molecule has 2 aromatic heterocycles. The van der Waals surface area contributed by atoms with Crippen molar-refractivity contribution in [2.24, 2.45) is 0 Å². The molecule has 5 aromatic rings. The summed E-state index contributed by atoms with van der Waals surface area (Å²) in [6, 6.07) is 22.4. The van der Waals surface area contributed by atoms with E-state index >= 15 is 0 Å². The fraction of sp³-hybridized carbons (Fsp3) is 0.0385. The summed E-state index contributed by atoms with van der Waals surface area (Å²) in [5, 5.41) is 5.29. The summed E-state index contributed by atoms with van der Waals surface area (Å²) in [5.41, 5.74) is 3.10. The summed E-state index contributed by atoms with van der Waals surface area (Å²) in [4.78, 5) is 28.7. The lowest BCUT2D eigenvalue weighted by molar-refractivity contribution is 0.0476. The molecule has 0 unspecified atom stereocenters. The van der Waals surface area contributed by atoms with E-state index in [0.29, 0.717) is 16.8 Å². The summed E-state index contributed by atoms with van der Waals surface area (Å²) in [5.74, 6) is -1.40. The summed E-state index contributed by atoms with van der Waals surface area (Å²) in [7, 11) is 0. The van der Waals surface area contributed by atoms with Gasteiger partial charge >= 0.3 is 5.97 Å². The van der Waals surface area contributed by atoms with Crippen LogP contribution in [0.1, 0.15) is 20.7 Å². The van der Waals surface area contributed by atoms with E-state index in [2.05, 4.69) is 10.1 Å². The van der Waals surface area contributed by atoms with Crippen molar-refractivity contribution in [2.45, 2.75) is 0 Å². The molecule has 3 aromatic carbocycles. The fourth-order valence-corrected chi connectivity index (χ4v) is 3.65. The van der Waals surface area contributed by atoms with Gasteiger partial charge in [-0.15, -0.1) is 0 Å². The molecule has 1 N–H and O–H groups in total. The highest BCUT2D eigenvalue weighted by Crippen LogP contribution is 2.25. The standard InChI is InChI=1S/C26H18FN3O3/c27-18-12-10-17(11-13-18)25-22(15-30(29-25)19-6-2-1-3-7-19)26(32)33-16-24(31)21-14-28-23-9-5-4-8-20(21)23/h1-15,28H,16H2. The molecule has 0 aliphatic heterocycles. The number of aromatic amines is 1. The number of nitrogens with zero attached hydrogens (tertiary/aromatic N) is 2. The smallest absolute Gasteiger partial charge is 0.342 e. The molecule has 5 rings (SSSR count). The lowest BCUT2D eigenvalue weighted by atomic mass is 10.1. The van der Waals surface area contributed by atoms with Gasteiger partial charge in [0.05, 0.1) is 5.69 Å². The van der Waals surface area contributed by atoms with Crippen molar-refractivity contribution >= 4 is 22.7 Å². The van der Waals surface area contributed by atoms with E-state index in [-0.39, 0.29) is 11.3 Å². The Balaban J connectivity index is 1.43. The second-order valence-electron chi connectivity index (χ2n) is 7.43. The minimum Gasteiger partial charge on any atom is -0.454 e. The van der Waals surface area contributed by atoms with Gasteiger partial charge in [0.15, 0.2) is 6.61 Å². The number of fused-ring (bicyclic) bond motifs is 1. The second-order valence-corrected chi connectivity index (χ2v) is 7.43. The third-order valence-corrected chi connectivity index (χ3v) is 5.30. The number of carbonyl (C=O) groups excluding carboxylic acids is 2. The molecule has 0 aliphatic carbocycles. The number of halogens is 1. The summed E-state index contributed by atoms with van der Waals surface area (Å²) in [6.07, 6.45) is 3.16. The van der Waals surface area contributed by atoms with Crippen LogP contribution in [0.4, 0.5) is 4.39 Å². The van der Waals surface area contributed by atoms with Crippen LogP contribution in [0.5, 0.6) is 0 Å². The highest BCUT2D eigenvalue weighted by molar-refractivity contribution is 6.09. The van der Waals surface area contributed by atoms with Gasteiger partial charge in [-0.1, -0.05) is 36.4 Å². The Morgan fingerprint density at radius 3 is 2.42 bits per heavy atom. The molecule has 0 radical (unpaired) electrons. The zero-order valence-electron chi connectivity index (χ0n) is 17.4. The van der Waals surface area contributed by atoms with Crippen molar-refractivity contribution in [3.05, 3.63) is 108 Å². The number of rotatable bonds is 6. The van der Waals surface area contributed by atoms with E-state index in [9.17, 15) is 14.0 Å². The third-order valence-electron chi connectivity index (χ3n) is 5.30. The normalized spacial score (nSPS) is 10.9. The van der Waals surface area contributed by atoms with Gasteiger partial charge in [0.1, 0.15) is 17.1 Å². The van der Waals surface area contributed by atoms with E-state index in [1.165, 1.54) is 12.1 Å². The number of H-pyrrole nitrogens is 1. The van der Waals surface area contributed by atoms with E-state index in [1.807, 2.05) is 54.6 Å². The first-order valence-corrected chi connectivity index (χ1v) is 10.3. The first-order valence-electron chi connectivity index (χ1n) is 10.3. The Hall–Kier alpha value is -4.52. The molecule has 6 nitrogen and oxygen atoms in total. The zero-order valence-corrected chi connectivity index (χ0v) is 17.4. The van der Waals surface area contributed by atoms with Crippen LogP contribution >= 0.6 is 0 Å². The summed E-state index contributed by atoms with van der Waals surface area (Å²) < 4.78 is 20.3. The Kier molecular flexibility index (Phi) is 5.28. The Bertz CT molecular complexity index is 1450. The van der Waals surface area contributed by atoms with Gasteiger partial charge < -0.3 is 9.72 Å². The maximum atomic E-state index is 13.4. The number of benzene rings is 3. The van der Waals surface area contributed by atoms with E-state index in [0.717, 1.165) is 16.6 Å². The molecule has 0 atom stereocenters. The first kappa shape index (κ1) is 20.4. The molecule has 0 amide bonds. The number of nitrogens with one attached hydrogen (secondary N) is 1. The van der Waals surface area contributed by atoms with Gasteiger partial charge in [-0.05, 0) is 42.5 Å². The minimum atomic E-state index is -0.690. The fourth-order valence-electron chi connectivity index (χ4n) is 3.65. The molecule has 0 fully saturated rings. The van der Waals surface area contributed by atoms with E-state index in [1.54, 1.807) is 29.2 Å². The molecule has 7 heteroatoms. The van der Waals surface area contributed by atoms with Gasteiger partial charge in [0, 0.05) is 34.4 Å². The topological polar surface area (TPSA) is 77.0 Å². The van der Waals surface area contributed by atoms with Gasteiger partial charge in [-0.3, -0.25) is 4.79 Å². The number of para-hydroxylation sites is 2. The van der Waals surface area contributed by atoms with Crippen molar-refractivity contribution in [3.8, 4) is 16.9 Å². The lowest BCUT2D eigenvalue weighted by Crippen LogP contribution is -2.14. The largest absolute Gasteiger partial charge is 0.454 e. The number of carbonyl (C=O) groups is 2. The number of ketones is 1. The summed E-state index contributed by atoms with van der Waals surface area (Å²) in [6.45, 7) is -0.417. The van der Waals surface area contributed by atoms with Gasteiger partial charge in [-0.25, -0.2) is 13.9 Å². The van der Waals surface area contributed by atoms with Crippen molar-refractivity contribution in [3.63, 3.8) is 0 Å². The Labute approximate surface area is 188 Å². The Morgan fingerprint density at radius 1 is 0.909 bits per heavy atom. The molecular weight excluding hydrogens is 421 g/mol. The molecule has 0 spiro atoms. The summed E-state index contributed by atoms with van der Waals surface area (Å²) >= 11 is 0. The van der Waals surface area contributed by atoms with Crippen LogP contribution < -0.4 is 0 Å². The zero-order chi connectivity index (χ0) is 22.8. The first-order chi connectivity index (χ1) is 16.1. The van der Waals surface area contributed by atoms with Crippen LogP contribution in [0.3, 0.4) is 0 Å². The highest BCUT2D eigenvalue weighted by atomic mass is 19.1. The van der Waals surface area contributed by atoms with E-state index < -0.39 is 18.4 Å². The van der Waals surface area contributed by atoms with Crippen LogP contribution in [0.25, 0.3) is 27.8 Å². The second kappa shape index (κ2) is 8.55. The maximum absolute atomic E-state index is 13.4. The average molecular weight is 439 g/mol. The SMILES string of the molecule is O=C(OCC(=O)c1c[nH]c2ccccc12)c1cn(-c2ccccc2)nc1-c1ccc(F)cc1. The number of ether oxygens (including phenoxy) is 1. The number of aromatic nitrogens is 3. The van der Waals surface area contributed by atoms with Crippen LogP contribution in [0, 0.1) is 5.82 Å². The van der Waals surface area contributed by atoms with Crippen LogP contribution in [-0.2, 0) is 4.74 Å². The molecular formula is C26H18FN3O3. The van der Waals surface area contributed by atoms with Crippen LogP contribution in [0.15, 0.2) is 91.3 Å². The number of hydrogen-bond donors (Lipinski definition) is 1. The quantitative estimate of drug-likeness (QED) is 0.291. The molecule has 33 heavy (non-hydrogen) atoms. The molecule has 0 saturated heterocycles. The molecule has 2 heterocycles. The van der Waals surface area contributed by atoms with Crippen molar-refractivity contribution in [1.29, 1.82) is 0 Å². The number of Topliss-reactive ketones (excluding diaryl/α,β-unsaturated/α-hetero) is 1. The predicted octanol–water partition coefficient (Wildman–Crippen LogP) is 5.20. The maximum Gasteiger partial charge on any atom is 0.342 e. The van der Waals surface area contributed by atoms with Gasteiger partial charge in [-0.2, -0.15) is 5.10 Å². The lowest BCUT2D eigenvalue weighted by Gasteiger charge is -2.04. The number of hydrogen-bond acceptors (Lipinski definition) is 4. The molecule has 0 bridgehead atoms. The average Bonchev–Trinajstić information content (AvgIpc) is 3.49. The van der Waals surface area contributed by atoms with Crippen molar-refractivity contribution < 1.29 is 18.7 Å². The van der Waals surface area contributed by atoms with Crippen molar-refractivity contribution in [2.75, 3.05) is 6.61 Å². The van der Waals surface area contributed by atoms with Crippen LogP contribution in [0.2, 0.25) is 0 Å².